The number of aromatic nitrogens is 3. The van der Waals surface area contributed by atoms with Crippen molar-refractivity contribution in [2.75, 3.05) is 6.54 Å². The first-order valence-corrected chi connectivity index (χ1v) is 5.60. The number of imide groups is 1. The van der Waals surface area contributed by atoms with Gasteiger partial charge in [0.05, 0.1) is 11.7 Å². The summed E-state index contributed by atoms with van der Waals surface area (Å²) in [5.74, 6) is -0.466. The van der Waals surface area contributed by atoms with Crippen LogP contribution in [0.15, 0.2) is 6.20 Å². The van der Waals surface area contributed by atoms with Crippen LogP contribution < -0.4 is 16.4 Å². The minimum absolute atomic E-state index is 0.0831. The van der Waals surface area contributed by atoms with Crippen LogP contribution in [0.25, 0.3) is 0 Å². The number of carbonyl (C=O) groups excluding carboxylic acids is 2. The lowest BCUT2D eigenvalue weighted by atomic mass is 10.0. The third-order valence-corrected chi connectivity index (χ3v) is 2.09. The Kier molecular flexibility index (Phi) is 4.38. The zero-order chi connectivity index (χ0) is 13.8. The Morgan fingerprint density at radius 2 is 2.17 bits per heavy atom. The van der Waals surface area contributed by atoms with Crippen LogP contribution in [-0.4, -0.2) is 33.5 Å². The summed E-state index contributed by atoms with van der Waals surface area (Å²) in [6.07, 6.45) is 1.58. The van der Waals surface area contributed by atoms with E-state index in [1.807, 2.05) is 0 Å². The molecule has 4 N–H and O–H groups in total. The molecule has 18 heavy (non-hydrogen) atoms. The van der Waals surface area contributed by atoms with Crippen LogP contribution in [0.2, 0.25) is 0 Å². The highest BCUT2D eigenvalue weighted by Gasteiger charge is 2.19. The first-order chi connectivity index (χ1) is 8.32. The Morgan fingerprint density at radius 1 is 1.50 bits per heavy atom. The van der Waals surface area contributed by atoms with Gasteiger partial charge in [0.2, 0.25) is 5.91 Å². The average Bonchev–Trinajstić information content (AvgIpc) is 2.65. The molecular formula is C10H18N6O2. The van der Waals surface area contributed by atoms with Crippen molar-refractivity contribution in [2.24, 2.45) is 5.73 Å². The fraction of sp³-hybridized carbons (Fsp3) is 0.600. The lowest BCUT2D eigenvalue weighted by molar-refractivity contribution is -0.120. The number of urea groups is 1. The lowest BCUT2D eigenvalue weighted by Gasteiger charge is -2.13. The van der Waals surface area contributed by atoms with Crippen molar-refractivity contribution < 1.29 is 9.59 Å². The van der Waals surface area contributed by atoms with Crippen LogP contribution in [0, 0.1) is 0 Å². The maximum absolute atomic E-state index is 11.5. The molecule has 0 unspecified atom stereocenters. The quantitative estimate of drug-likeness (QED) is 0.658. The van der Waals surface area contributed by atoms with Crippen LogP contribution in [0.4, 0.5) is 4.79 Å². The number of rotatable bonds is 4. The SMILES string of the molecule is CCNC(=O)NC(=O)Cn1cc(C(C)(C)N)nn1. The van der Waals surface area contributed by atoms with Gasteiger partial charge in [-0.25, -0.2) is 9.48 Å². The van der Waals surface area contributed by atoms with E-state index in [-0.39, 0.29) is 6.54 Å². The first-order valence-electron chi connectivity index (χ1n) is 5.60. The molecule has 0 aliphatic heterocycles. The third-order valence-electron chi connectivity index (χ3n) is 2.09. The Balaban J connectivity index is 2.55. The van der Waals surface area contributed by atoms with Gasteiger partial charge in [-0.1, -0.05) is 5.21 Å². The second kappa shape index (κ2) is 5.58. The largest absolute Gasteiger partial charge is 0.338 e. The third kappa shape index (κ3) is 4.13. The Labute approximate surface area is 105 Å². The van der Waals surface area contributed by atoms with Crippen LogP contribution in [-0.2, 0) is 16.9 Å². The molecule has 3 amide bonds. The van der Waals surface area contributed by atoms with E-state index in [0.717, 1.165) is 0 Å². The van der Waals surface area contributed by atoms with Crippen LogP contribution >= 0.6 is 0 Å². The van der Waals surface area contributed by atoms with Gasteiger partial charge in [0.25, 0.3) is 0 Å². The topological polar surface area (TPSA) is 115 Å². The molecule has 8 heteroatoms. The summed E-state index contributed by atoms with van der Waals surface area (Å²) in [5.41, 5.74) is 5.80. The summed E-state index contributed by atoms with van der Waals surface area (Å²) in [6.45, 7) is 5.71. The summed E-state index contributed by atoms with van der Waals surface area (Å²) in [6, 6.07) is -0.526. The van der Waals surface area contributed by atoms with Gasteiger partial charge in [0.1, 0.15) is 12.2 Å². The van der Waals surface area contributed by atoms with Crippen molar-refractivity contribution in [3.05, 3.63) is 11.9 Å². The zero-order valence-corrected chi connectivity index (χ0v) is 10.7. The number of amides is 3. The number of nitrogens with zero attached hydrogens (tertiary/aromatic N) is 3. The highest BCUT2D eigenvalue weighted by atomic mass is 16.2. The number of nitrogens with two attached hydrogens (primary N) is 1. The Hall–Kier alpha value is -1.96. The minimum atomic E-state index is -0.617. The minimum Gasteiger partial charge on any atom is -0.338 e. The highest BCUT2D eigenvalue weighted by Crippen LogP contribution is 2.12. The van der Waals surface area contributed by atoms with E-state index in [0.29, 0.717) is 12.2 Å². The van der Waals surface area contributed by atoms with E-state index in [9.17, 15) is 9.59 Å². The number of hydrogen-bond acceptors (Lipinski definition) is 5. The van der Waals surface area contributed by atoms with Crippen LogP contribution in [0.3, 0.4) is 0 Å². The van der Waals surface area contributed by atoms with E-state index < -0.39 is 17.5 Å². The number of hydrogen-bond donors (Lipinski definition) is 3. The van der Waals surface area contributed by atoms with Crippen molar-refractivity contribution in [3.63, 3.8) is 0 Å². The normalized spacial score (nSPS) is 11.1. The standard InChI is InChI=1S/C10H18N6O2/c1-4-12-9(18)13-8(17)6-16-5-7(14-15-16)10(2,3)11/h5H,4,6,11H2,1-3H3,(H2,12,13,17,18). The van der Waals surface area contributed by atoms with Gasteiger partial charge in [-0.05, 0) is 20.8 Å². The summed E-state index contributed by atoms with van der Waals surface area (Å²) in [5, 5.41) is 12.3. The zero-order valence-electron chi connectivity index (χ0n) is 10.7. The Bertz CT molecular complexity index is 434. The maximum atomic E-state index is 11.5. The fourth-order valence-corrected chi connectivity index (χ4v) is 1.19. The molecule has 0 aromatic carbocycles. The van der Waals surface area contributed by atoms with Gasteiger partial charge in [-0.15, -0.1) is 5.10 Å². The average molecular weight is 254 g/mol. The predicted molar refractivity (Wildman–Crippen MR) is 64.5 cm³/mol. The molecule has 1 rings (SSSR count). The predicted octanol–water partition coefficient (Wildman–Crippen LogP) is -0.682. The molecule has 0 atom stereocenters. The molecule has 1 heterocycles. The van der Waals surface area contributed by atoms with Gasteiger partial charge < -0.3 is 11.1 Å². The van der Waals surface area contributed by atoms with Gasteiger partial charge in [-0.2, -0.15) is 0 Å². The molecule has 0 bridgehead atoms. The fourth-order valence-electron chi connectivity index (χ4n) is 1.19. The highest BCUT2D eigenvalue weighted by molar-refractivity contribution is 5.94. The van der Waals surface area contributed by atoms with Gasteiger partial charge in [-0.3, -0.25) is 10.1 Å². The lowest BCUT2D eigenvalue weighted by Crippen LogP contribution is -2.40. The summed E-state index contributed by atoms with van der Waals surface area (Å²) in [7, 11) is 0. The molecule has 1 aromatic rings. The van der Waals surface area contributed by atoms with Crippen molar-refractivity contribution in [3.8, 4) is 0 Å². The molecule has 0 fully saturated rings. The first kappa shape index (κ1) is 14.1. The molecule has 1 aromatic heterocycles. The molecule has 0 radical (unpaired) electrons. The van der Waals surface area contributed by atoms with E-state index in [1.54, 1.807) is 27.0 Å². The van der Waals surface area contributed by atoms with E-state index in [1.165, 1.54) is 4.68 Å². The summed E-state index contributed by atoms with van der Waals surface area (Å²) in [4.78, 5) is 22.6. The second-order valence-corrected chi connectivity index (χ2v) is 4.43. The molecule has 0 saturated carbocycles. The van der Waals surface area contributed by atoms with Gasteiger partial charge in [0.15, 0.2) is 0 Å². The molecule has 0 aliphatic carbocycles. The molecule has 0 aliphatic rings. The van der Waals surface area contributed by atoms with E-state index >= 15 is 0 Å². The van der Waals surface area contributed by atoms with Crippen molar-refractivity contribution in [1.82, 2.24) is 25.6 Å². The second-order valence-electron chi connectivity index (χ2n) is 4.43. The smallest absolute Gasteiger partial charge is 0.321 e. The van der Waals surface area contributed by atoms with Crippen LogP contribution in [0.5, 0.6) is 0 Å². The van der Waals surface area contributed by atoms with Gasteiger partial charge >= 0.3 is 6.03 Å². The van der Waals surface area contributed by atoms with E-state index in [4.69, 9.17) is 5.73 Å². The van der Waals surface area contributed by atoms with Crippen molar-refractivity contribution in [1.29, 1.82) is 0 Å². The molecule has 0 saturated heterocycles. The Morgan fingerprint density at radius 3 is 2.67 bits per heavy atom. The molecule has 0 spiro atoms. The van der Waals surface area contributed by atoms with Crippen molar-refractivity contribution in [2.45, 2.75) is 32.9 Å². The monoisotopic (exact) mass is 254 g/mol. The van der Waals surface area contributed by atoms with Crippen molar-refractivity contribution >= 4 is 11.9 Å². The number of nitrogens with one attached hydrogen (secondary N) is 2. The van der Waals surface area contributed by atoms with Gasteiger partial charge in [0, 0.05) is 6.54 Å². The van der Waals surface area contributed by atoms with E-state index in [2.05, 4.69) is 20.9 Å². The van der Waals surface area contributed by atoms with Crippen LogP contribution in [0.1, 0.15) is 26.5 Å². The molecular weight excluding hydrogens is 236 g/mol. The number of carbonyl (C=O) groups is 2. The molecule has 8 nitrogen and oxygen atoms in total. The summed E-state index contributed by atoms with van der Waals surface area (Å²) < 4.78 is 1.33. The maximum Gasteiger partial charge on any atom is 0.321 e. The molecule has 100 valence electrons. The summed E-state index contributed by atoms with van der Waals surface area (Å²) >= 11 is 0.